The van der Waals surface area contributed by atoms with Crippen molar-refractivity contribution in [3.63, 3.8) is 0 Å². The van der Waals surface area contributed by atoms with Crippen molar-refractivity contribution >= 4 is 10.0 Å². The Morgan fingerprint density at radius 3 is 2.55 bits per heavy atom. The third-order valence-electron chi connectivity index (χ3n) is 2.95. The first-order valence-electron chi connectivity index (χ1n) is 6.56. The van der Waals surface area contributed by atoms with Crippen LogP contribution in [0, 0.1) is 6.92 Å². The van der Waals surface area contributed by atoms with Crippen molar-refractivity contribution in [3.8, 4) is 0 Å². The van der Waals surface area contributed by atoms with Gasteiger partial charge < -0.3 is 9.84 Å². The van der Waals surface area contributed by atoms with Crippen LogP contribution < -0.4 is 4.72 Å². The summed E-state index contributed by atoms with van der Waals surface area (Å²) in [6, 6.07) is 4.89. The fraction of sp³-hybridized carbons (Fsp3) is 0.571. The fourth-order valence-electron chi connectivity index (χ4n) is 1.82. The molecule has 0 fully saturated rings. The molecular weight excluding hydrogens is 278 g/mol. The number of hydrogen-bond acceptors (Lipinski definition) is 4. The fourth-order valence-corrected chi connectivity index (χ4v) is 3.31. The first-order chi connectivity index (χ1) is 9.22. The molecule has 0 aliphatic heterocycles. The summed E-state index contributed by atoms with van der Waals surface area (Å²) in [4.78, 5) is 0.191. The minimum atomic E-state index is -3.62. The minimum absolute atomic E-state index is 0.186. The van der Waals surface area contributed by atoms with Gasteiger partial charge in [-0.05, 0) is 44.9 Å². The van der Waals surface area contributed by atoms with Gasteiger partial charge in [-0.25, -0.2) is 13.1 Å². The average Bonchev–Trinajstić information content (AvgIpc) is 2.37. The Kier molecular flexibility index (Phi) is 5.70. The van der Waals surface area contributed by atoms with Gasteiger partial charge in [-0.15, -0.1) is 0 Å². The Labute approximate surface area is 121 Å². The molecule has 0 aromatic heterocycles. The summed E-state index contributed by atoms with van der Waals surface area (Å²) in [5, 5.41) is 9.11. The molecule has 0 saturated heterocycles. The zero-order valence-corrected chi connectivity index (χ0v) is 13.3. The van der Waals surface area contributed by atoms with E-state index in [1.54, 1.807) is 19.1 Å². The van der Waals surface area contributed by atoms with Gasteiger partial charge >= 0.3 is 0 Å². The second kappa shape index (κ2) is 6.67. The lowest BCUT2D eigenvalue weighted by Crippen LogP contribution is -2.40. The molecule has 0 spiro atoms. The van der Waals surface area contributed by atoms with Gasteiger partial charge in [-0.3, -0.25) is 0 Å². The lowest BCUT2D eigenvalue weighted by Gasteiger charge is -2.25. The number of benzene rings is 1. The highest BCUT2D eigenvalue weighted by atomic mass is 32.2. The molecule has 0 bridgehead atoms. The van der Waals surface area contributed by atoms with Crippen molar-refractivity contribution in [2.75, 3.05) is 13.2 Å². The zero-order chi connectivity index (χ0) is 15.4. The standard InChI is InChI=1S/C14H23NO4S/c1-5-19-14(3,4)10-15-20(17,18)13-8-12(9-16)7-6-11(13)2/h6-8,15-16H,5,9-10H2,1-4H3. The first-order valence-corrected chi connectivity index (χ1v) is 8.04. The molecule has 1 aromatic carbocycles. The zero-order valence-electron chi connectivity index (χ0n) is 12.4. The monoisotopic (exact) mass is 301 g/mol. The van der Waals surface area contributed by atoms with Crippen LogP contribution in [0.5, 0.6) is 0 Å². The van der Waals surface area contributed by atoms with Crippen molar-refractivity contribution in [2.24, 2.45) is 0 Å². The Hall–Kier alpha value is -0.950. The number of aliphatic hydroxyl groups is 1. The third kappa shape index (κ3) is 4.56. The molecule has 5 nitrogen and oxygen atoms in total. The highest BCUT2D eigenvalue weighted by Crippen LogP contribution is 2.18. The minimum Gasteiger partial charge on any atom is -0.392 e. The quantitative estimate of drug-likeness (QED) is 0.802. The molecule has 6 heteroatoms. The van der Waals surface area contributed by atoms with E-state index >= 15 is 0 Å². The summed E-state index contributed by atoms with van der Waals surface area (Å²) < 4.78 is 32.7. The van der Waals surface area contributed by atoms with Gasteiger partial charge in [0.25, 0.3) is 0 Å². The molecule has 0 heterocycles. The molecule has 20 heavy (non-hydrogen) atoms. The summed E-state index contributed by atoms with van der Waals surface area (Å²) in [7, 11) is -3.62. The van der Waals surface area contributed by atoms with Gasteiger partial charge in [0.2, 0.25) is 10.0 Å². The van der Waals surface area contributed by atoms with Crippen LogP contribution in [0.15, 0.2) is 23.1 Å². The summed E-state index contributed by atoms with van der Waals surface area (Å²) in [6.45, 7) is 7.77. The van der Waals surface area contributed by atoms with Crippen LogP contribution in [-0.4, -0.2) is 32.3 Å². The molecular formula is C14H23NO4S. The normalized spacial score (nSPS) is 12.7. The highest BCUT2D eigenvalue weighted by molar-refractivity contribution is 7.89. The third-order valence-corrected chi connectivity index (χ3v) is 4.49. The SMILES string of the molecule is CCOC(C)(C)CNS(=O)(=O)c1cc(CO)ccc1C. The van der Waals surface area contributed by atoms with E-state index < -0.39 is 15.6 Å². The molecule has 114 valence electrons. The van der Waals surface area contributed by atoms with Crippen LogP contribution in [0.25, 0.3) is 0 Å². The van der Waals surface area contributed by atoms with E-state index in [1.165, 1.54) is 6.07 Å². The van der Waals surface area contributed by atoms with E-state index in [2.05, 4.69) is 4.72 Å². The lowest BCUT2D eigenvalue weighted by molar-refractivity contribution is -0.00515. The summed E-state index contributed by atoms with van der Waals surface area (Å²) in [5.41, 5.74) is 0.647. The van der Waals surface area contributed by atoms with Crippen LogP contribution in [-0.2, 0) is 21.4 Å². The van der Waals surface area contributed by atoms with E-state index in [0.29, 0.717) is 17.7 Å². The molecule has 2 N–H and O–H groups in total. The second-order valence-corrected chi connectivity index (χ2v) is 7.01. The van der Waals surface area contributed by atoms with Gasteiger partial charge in [-0.2, -0.15) is 0 Å². The van der Waals surface area contributed by atoms with E-state index in [0.717, 1.165) is 0 Å². The molecule has 0 unspecified atom stereocenters. The summed E-state index contributed by atoms with van der Waals surface area (Å²) in [5.74, 6) is 0. The maximum atomic E-state index is 12.3. The van der Waals surface area contributed by atoms with E-state index in [9.17, 15) is 8.42 Å². The Morgan fingerprint density at radius 1 is 1.35 bits per heavy atom. The Bertz CT molecular complexity index is 552. The Morgan fingerprint density at radius 2 is 2.00 bits per heavy atom. The highest BCUT2D eigenvalue weighted by Gasteiger charge is 2.23. The van der Waals surface area contributed by atoms with Crippen LogP contribution in [0.4, 0.5) is 0 Å². The summed E-state index contributed by atoms with van der Waals surface area (Å²) in [6.07, 6.45) is 0. The van der Waals surface area contributed by atoms with Gasteiger partial charge in [-0.1, -0.05) is 12.1 Å². The predicted octanol–water partition coefficient (Wildman–Crippen LogP) is 1.58. The number of nitrogens with one attached hydrogen (secondary N) is 1. The number of rotatable bonds is 7. The van der Waals surface area contributed by atoms with Crippen molar-refractivity contribution in [3.05, 3.63) is 29.3 Å². The average molecular weight is 301 g/mol. The van der Waals surface area contributed by atoms with Crippen LogP contribution in [0.1, 0.15) is 31.9 Å². The van der Waals surface area contributed by atoms with Crippen LogP contribution in [0.2, 0.25) is 0 Å². The lowest BCUT2D eigenvalue weighted by atomic mass is 10.1. The van der Waals surface area contributed by atoms with Gasteiger partial charge in [0, 0.05) is 13.2 Å². The van der Waals surface area contributed by atoms with Gasteiger partial charge in [0.05, 0.1) is 17.1 Å². The number of aliphatic hydroxyl groups excluding tert-OH is 1. The number of hydrogen-bond donors (Lipinski definition) is 2. The van der Waals surface area contributed by atoms with Crippen LogP contribution >= 0.6 is 0 Å². The van der Waals surface area contributed by atoms with Crippen molar-refractivity contribution in [1.29, 1.82) is 0 Å². The predicted molar refractivity (Wildman–Crippen MR) is 78.0 cm³/mol. The van der Waals surface area contributed by atoms with Crippen molar-refractivity contribution < 1.29 is 18.3 Å². The maximum Gasteiger partial charge on any atom is 0.240 e. The van der Waals surface area contributed by atoms with Crippen LogP contribution in [0.3, 0.4) is 0 Å². The van der Waals surface area contributed by atoms with Gasteiger partial charge in [0.15, 0.2) is 0 Å². The Balaban J connectivity index is 2.94. The topological polar surface area (TPSA) is 75.6 Å². The maximum absolute atomic E-state index is 12.3. The van der Waals surface area contributed by atoms with Crippen molar-refractivity contribution in [2.45, 2.75) is 44.8 Å². The molecule has 1 aromatic rings. The first kappa shape index (κ1) is 17.1. The number of ether oxygens (including phenoxy) is 1. The molecule has 0 aliphatic carbocycles. The van der Waals surface area contributed by atoms with E-state index in [-0.39, 0.29) is 18.0 Å². The van der Waals surface area contributed by atoms with E-state index in [1.807, 2.05) is 20.8 Å². The molecule has 0 atom stereocenters. The number of sulfonamides is 1. The molecule has 1 rings (SSSR count). The molecule has 0 saturated carbocycles. The number of aryl methyl sites for hydroxylation is 1. The van der Waals surface area contributed by atoms with Gasteiger partial charge in [0.1, 0.15) is 0 Å². The largest absolute Gasteiger partial charge is 0.392 e. The van der Waals surface area contributed by atoms with Crippen molar-refractivity contribution in [1.82, 2.24) is 4.72 Å². The molecule has 0 radical (unpaired) electrons. The molecule has 0 amide bonds. The summed E-state index contributed by atoms with van der Waals surface area (Å²) >= 11 is 0. The smallest absolute Gasteiger partial charge is 0.240 e. The molecule has 0 aliphatic rings. The van der Waals surface area contributed by atoms with E-state index in [4.69, 9.17) is 9.84 Å². The second-order valence-electron chi connectivity index (χ2n) is 5.28.